The van der Waals surface area contributed by atoms with Crippen LogP contribution in [0.1, 0.15) is 15.9 Å². The van der Waals surface area contributed by atoms with Crippen LogP contribution in [0.15, 0.2) is 43.0 Å². The highest BCUT2D eigenvalue weighted by Crippen LogP contribution is 1.98. The summed E-state index contributed by atoms with van der Waals surface area (Å²) < 4.78 is 0. The van der Waals surface area contributed by atoms with Gasteiger partial charge in [-0.15, -0.1) is 0 Å². The highest BCUT2D eigenvalue weighted by Gasteiger charge is 2.04. The number of amides is 1. The van der Waals surface area contributed by atoms with E-state index in [2.05, 4.69) is 15.3 Å². The third-order valence-corrected chi connectivity index (χ3v) is 2.04. The number of hydrogen-bond acceptors (Lipinski definition) is 2. The first-order valence-electron chi connectivity index (χ1n) is 4.66. The van der Waals surface area contributed by atoms with Gasteiger partial charge in [0.05, 0.1) is 5.56 Å². The number of hydrogen-bond donors (Lipinski definition) is 2. The molecule has 0 saturated heterocycles. The molecule has 15 heavy (non-hydrogen) atoms. The molecule has 0 bridgehead atoms. The Bertz CT molecular complexity index is 422. The topological polar surface area (TPSA) is 57.8 Å². The number of nitrogens with one attached hydrogen (secondary N) is 2. The van der Waals surface area contributed by atoms with Gasteiger partial charge in [-0.3, -0.25) is 9.78 Å². The first kappa shape index (κ1) is 9.45. The standard InChI is InChI=1S/C11H11N3O/c15-11(10-3-5-13-8-10)14-7-9-2-1-4-12-6-9/h1-6,8,13H,7H2,(H,14,15). The summed E-state index contributed by atoms with van der Waals surface area (Å²) in [6, 6.07) is 5.50. The summed E-state index contributed by atoms with van der Waals surface area (Å²) in [7, 11) is 0. The summed E-state index contributed by atoms with van der Waals surface area (Å²) in [5.74, 6) is -0.0832. The van der Waals surface area contributed by atoms with Crippen molar-refractivity contribution in [3.8, 4) is 0 Å². The lowest BCUT2D eigenvalue weighted by Crippen LogP contribution is -2.22. The fourth-order valence-electron chi connectivity index (χ4n) is 1.25. The van der Waals surface area contributed by atoms with Crippen molar-refractivity contribution >= 4 is 5.91 Å². The molecule has 0 radical (unpaired) electrons. The van der Waals surface area contributed by atoms with Crippen molar-refractivity contribution in [2.24, 2.45) is 0 Å². The minimum absolute atomic E-state index is 0.0832. The van der Waals surface area contributed by atoms with Gasteiger partial charge in [0.25, 0.3) is 5.91 Å². The summed E-state index contributed by atoms with van der Waals surface area (Å²) in [5, 5.41) is 2.80. The van der Waals surface area contributed by atoms with Crippen LogP contribution in [-0.4, -0.2) is 15.9 Å². The van der Waals surface area contributed by atoms with E-state index < -0.39 is 0 Å². The van der Waals surface area contributed by atoms with E-state index in [-0.39, 0.29) is 5.91 Å². The van der Waals surface area contributed by atoms with E-state index in [1.54, 1.807) is 30.9 Å². The third kappa shape index (κ3) is 2.43. The van der Waals surface area contributed by atoms with Gasteiger partial charge in [-0.1, -0.05) is 6.07 Å². The molecule has 2 rings (SSSR count). The molecule has 1 amide bonds. The van der Waals surface area contributed by atoms with Crippen molar-refractivity contribution in [3.63, 3.8) is 0 Å². The van der Waals surface area contributed by atoms with Crippen LogP contribution in [0.2, 0.25) is 0 Å². The van der Waals surface area contributed by atoms with Gasteiger partial charge in [-0.25, -0.2) is 0 Å². The first-order chi connectivity index (χ1) is 7.36. The first-order valence-corrected chi connectivity index (χ1v) is 4.66. The molecule has 0 saturated carbocycles. The van der Waals surface area contributed by atoms with Crippen molar-refractivity contribution in [1.29, 1.82) is 0 Å². The molecule has 0 aliphatic heterocycles. The zero-order valence-corrected chi connectivity index (χ0v) is 8.10. The van der Waals surface area contributed by atoms with Gasteiger partial charge >= 0.3 is 0 Å². The second-order valence-electron chi connectivity index (χ2n) is 3.14. The number of aromatic amines is 1. The van der Waals surface area contributed by atoms with E-state index in [4.69, 9.17) is 0 Å². The van der Waals surface area contributed by atoms with Crippen LogP contribution in [0, 0.1) is 0 Å². The van der Waals surface area contributed by atoms with E-state index >= 15 is 0 Å². The summed E-state index contributed by atoms with van der Waals surface area (Å²) in [6.07, 6.45) is 6.83. The lowest BCUT2D eigenvalue weighted by Gasteiger charge is -2.02. The average Bonchev–Trinajstić information content (AvgIpc) is 2.81. The molecule has 0 fully saturated rings. The molecule has 0 spiro atoms. The largest absolute Gasteiger partial charge is 0.367 e. The molecule has 0 aliphatic rings. The van der Waals surface area contributed by atoms with Gasteiger partial charge in [-0.05, 0) is 17.7 Å². The SMILES string of the molecule is O=C(NCc1cccnc1)c1cc[nH]c1. The lowest BCUT2D eigenvalue weighted by molar-refractivity contribution is 0.0951. The lowest BCUT2D eigenvalue weighted by atomic mass is 10.2. The Morgan fingerprint density at radius 1 is 1.47 bits per heavy atom. The number of rotatable bonds is 3. The Kier molecular flexibility index (Phi) is 2.78. The summed E-state index contributed by atoms with van der Waals surface area (Å²) in [4.78, 5) is 18.3. The Labute approximate surface area is 87.4 Å². The second kappa shape index (κ2) is 4.41. The van der Waals surface area contributed by atoms with Gasteiger partial charge in [-0.2, -0.15) is 0 Å². The van der Waals surface area contributed by atoms with Crippen molar-refractivity contribution in [2.75, 3.05) is 0 Å². The van der Waals surface area contributed by atoms with Gasteiger partial charge in [0.15, 0.2) is 0 Å². The maximum atomic E-state index is 11.5. The average molecular weight is 201 g/mol. The summed E-state index contributed by atoms with van der Waals surface area (Å²) in [6.45, 7) is 0.498. The summed E-state index contributed by atoms with van der Waals surface area (Å²) >= 11 is 0. The maximum absolute atomic E-state index is 11.5. The molecule has 2 aromatic heterocycles. The van der Waals surface area contributed by atoms with Crippen LogP contribution in [-0.2, 0) is 6.54 Å². The normalized spacial score (nSPS) is 9.87. The fraction of sp³-hybridized carbons (Fsp3) is 0.0909. The number of carbonyl (C=O) groups is 1. The Morgan fingerprint density at radius 2 is 2.40 bits per heavy atom. The minimum atomic E-state index is -0.0832. The predicted molar refractivity (Wildman–Crippen MR) is 56.2 cm³/mol. The Balaban J connectivity index is 1.92. The third-order valence-electron chi connectivity index (χ3n) is 2.04. The minimum Gasteiger partial charge on any atom is -0.367 e. The maximum Gasteiger partial charge on any atom is 0.253 e. The predicted octanol–water partition coefficient (Wildman–Crippen LogP) is 1.34. The smallest absolute Gasteiger partial charge is 0.253 e. The quantitative estimate of drug-likeness (QED) is 0.787. The molecule has 76 valence electrons. The number of H-pyrrole nitrogens is 1. The molecule has 2 aromatic rings. The molecule has 2 heterocycles. The van der Waals surface area contributed by atoms with Crippen molar-refractivity contribution in [3.05, 3.63) is 54.1 Å². The molecule has 0 aliphatic carbocycles. The highest BCUT2D eigenvalue weighted by molar-refractivity contribution is 5.93. The van der Waals surface area contributed by atoms with Gasteiger partial charge in [0, 0.05) is 31.3 Å². The molecule has 0 aromatic carbocycles. The molecular formula is C11H11N3O. The zero-order chi connectivity index (χ0) is 10.5. The van der Waals surface area contributed by atoms with Crippen LogP contribution in [0.4, 0.5) is 0 Å². The van der Waals surface area contributed by atoms with E-state index in [9.17, 15) is 4.79 Å². The van der Waals surface area contributed by atoms with E-state index in [1.165, 1.54) is 0 Å². The van der Waals surface area contributed by atoms with Crippen LogP contribution in [0.5, 0.6) is 0 Å². The van der Waals surface area contributed by atoms with Crippen LogP contribution >= 0.6 is 0 Å². The zero-order valence-electron chi connectivity index (χ0n) is 8.10. The number of carbonyl (C=O) groups excluding carboxylic acids is 1. The number of aromatic nitrogens is 2. The number of pyridine rings is 1. The van der Waals surface area contributed by atoms with Gasteiger partial charge in [0.2, 0.25) is 0 Å². The van der Waals surface area contributed by atoms with Crippen LogP contribution in [0.3, 0.4) is 0 Å². The second-order valence-corrected chi connectivity index (χ2v) is 3.14. The van der Waals surface area contributed by atoms with E-state index in [0.717, 1.165) is 5.56 Å². The van der Waals surface area contributed by atoms with E-state index in [1.807, 2.05) is 12.1 Å². The van der Waals surface area contributed by atoms with Crippen molar-refractivity contribution in [1.82, 2.24) is 15.3 Å². The van der Waals surface area contributed by atoms with E-state index in [0.29, 0.717) is 12.1 Å². The Hall–Kier alpha value is -2.10. The Morgan fingerprint density at radius 3 is 3.07 bits per heavy atom. The van der Waals surface area contributed by atoms with Crippen LogP contribution in [0.25, 0.3) is 0 Å². The molecule has 0 unspecified atom stereocenters. The molecule has 2 N–H and O–H groups in total. The highest BCUT2D eigenvalue weighted by atomic mass is 16.1. The number of nitrogens with zero attached hydrogens (tertiary/aromatic N) is 1. The van der Waals surface area contributed by atoms with Crippen molar-refractivity contribution < 1.29 is 4.79 Å². The fourth-order valence-corrected chi connectivity index (χ4v) is 1.25. The van der Waals surface area contributed by atoms with Crippen molar-refractivity contribution in [2.45, 2.75) is 6.54 Å². The summed E-state index contributed by atoms with van der Waals surface area (Å²) in [5.41, 5.74) is 1.63. The molecule has 0 atom stereocenters. The van der Waals surface area contributed by atoms with Gasteiger partial charge < -0.3 is 10.3 Å². The van der Waals surface area contributed by atoms with Crippen LogP contribution < -0.4 is 5.32 Å². The molecular weight excluding hydrogens is 190 g/mol. The molecule has 4 nitrogen and oxygen atoms in total. The molecule has 4 heteroatoms. The monoisotopic (exact) mass is 201 g/mol. The van der Waals surface area contributed by atoms with Gasteiger partial charge in [0.1, 0.15) is 0 Å².